The Bertz CT molecular complexity index is 3200. The molecule has 240 valence electrons. The zero-order valence-corrected chi connectivity index (χ0v) is 26.7. The molecule has 0 radical (unpaired) electrons. The van der Waals surface area contributed by atoms with E-state index in [0.717, 1.165) is 49.0 Å². The topological polar surface area (TPSA) is 114 Å². The van der Waals surface area contributed by atoms with Crippen LogP contribution in [0.3, 0.4) is 0 Å². The van der Waals surface area contributed by atoms with Gasteiger partial charge in [-0.3, -0.25) is 23.4 Å². The summed E-state index contributed by atoms with van der Waals surface area (Å²) in [5.74, 6) is 0.0273. The van der Waals surface area contributed by atoms with Gasteiger partial charge in [-0.2, -0.15) is 0 Å². The van der Waals surface area contributed by atoms with Crippen LogP contribution < -0.4 is 20.6 Å². The van der Waals surface area contributed by atoms with E-state index in [4.69, 9.17) is 19.2 Å². The zero-order chi connectivity index (χ0) is 33.8. The van der Waals surface area contributed by atoms with Gasteiger partial charge in [0, 0.05) is 43.9 Å². The lowest BCUT2D eigenvalue weighted by atomic mass is 10.1. The molecule has 0 saturated heterocycles. The molecule has 0 aliphatic heterocycles. The highest BCUT2D eigenvalue weighted by atomic mass is 16.5. The zero-order valence-electron chi connectivity index (χ0n) is 26.7. The van der Waals surface area contributed by atoms with E-state index < -0.39 is 5.97 Å². The second kappa shape index (κ2) is 10.1. The number of rotatable bonds is 5. The molecule has 0 N–H and O–H groups in total. The summed E-state index contributed by atoms with van der Waals surface area (Å²) in [5, 5.41) is 5.51. The number of benzene rings is 4. The summed E-state index contributed by atoms with van der Waals surface area (Å²) in [6.45, 7) is 0.122. The highest BCUT2D eigenvalue weighted by Gasteiger charge is 2.25. The number of para-hydroxylation sites is 1. The molecule has 0 atom stereocenters. The number of esters is 1. The first-order valence-corrected chi connectivity index (χ1v) is 16.0. The van der Waals surface area contributed by atoms with E-state index in [1.165, 1.54) is 14.2 Å². The number of ether oxygens (including phenoxy) is 3. The van der Waals surface area contributed by atoms with E-state index in [9.17, 15) is 14.4 Å². The number of fused-ring (bicyclic) bond motifs is 10. The van der Waals surface area contributed by atoms with E-state index in [1.54, 1.807) is 33.2 Å². The van der Waals surface area contributed by atoms with E-state index in [1.807, 2.05) is 72.8 Å². The summed E-state index contributed by atoms with van der Waals surface area (Å²) < 4.78 is 20.8. The van der Waals surface area contributed by atoms with Gasteiger partial charge in [0.15, 0.2) is 11.5 Å². The predicted molar refractivity (Wildman–Crippen MR) is 193 cm³/mol. The number of carbonyl (C=O) groups excluding carboxylic acids is 1. The first kappa shape index (κ1) is 28.2. The molecule has 0 fully saturated rings. The second-order valence-corrected chi connectivity index (χ2v) is 12.3. The maximum atomic E-state index is 14.4. The Kier molecular flexibility index (Phi) is 5.70. The molecule has 0 spiro atoms. The normalized spacial score (nSPS) is 12.1. The monoisotopic (exact) mass is 656 g/mol. The van der Waals surface area contributed by atoms with Gasteiger partial charge in [0.2, 0.25) is 0 Å². The Balaban J connectivity index is 1.19. The molecule has 0 amide bonds. The van der Waals surface area contributed by atoms with Crippen LogP contribution >= 0.6 is 0 Å². The maximum absolute atomic E-state index is 14.4. The Labute approximate surface area is 281 Å². The Hall–Kier alpha value is -6.81. The van der Waals surface area contributed by atoms with Crippen LogP contribution in [0.15, 0.2) is 107 Å². The third-order valence-corrected chi connectivity index (χ3v) is 9.83. The average molecular weight is 657 g/mol. The third kappa shape index (κ3) is 3.53. The lowest BCUT2D eigenvalue weighted by molar-refractivity contribution is 0.0594. The van der Waals surface area contributed by atoms with Gasteiger partial charge < -0.3 is 14.2 Å². The largest absolute Gasteiger partial charge is 0.492 e. The molecule has 50 heavy (non-hydrogen) atoms. The molecular weight excluding hydrogens is 632 g/mol. The quantitative estimate of drug-likeness (QED) is 0.146. The summed E-state index contributed by atoms with van der Waals surface area (Å²) in [4.78, 5) is 50.4. The van der Waals surface area contributed by atoms with E-state index >= 15 is 0 Å². The molecule has 6 aromatic heterocycles. The van der Waals surface area contributed by atoms with Gasteiger partial charge in [0.05, 0.1) is 52.7 Å². The second-order valence-electron chi connectivity index (χ2n) is 12.3. The summed E-state index contributed by atoms with van der Waals surface area (Å²) in [7, 11) is 2.81. The molecule has 10 rings (SSSR count). The number of methoxy groups -OCH3 is 2. The van der Waals surface area contributed by atoms with E-state index in [2.05, 4.69) is 4.98 Å². The number of hydrogen-bond acceptors (Lipinski definition) is 8. The molecule has 0 unspecified atom stereocenters. The van der Waals surface area contributed by atoms with E-state index in [-0.39, 0.29) is 34.6 Å². The number of pyridine rings is 4. The van der Waals surface area contributed by atoms with Crippen LogP contribution in [0.5, 0.6) is 11.5 Å². The summed E-state index contributed by atoms with van der Waals surface area (Å²) >= 11 is 0. The number of hydrogen-bond donors (Lipinski definition) is 0. The van der Waals surface area contributed by atoms with Crippen LogP contribution in [-0.4, -0.2) is 39.0 Å². The van der Waals surface area contributed by atoms with Crippen molar-refractivity contribution in [2.24, 2.45) is 0 Å². The molecule has 4 aromatic carbocycles. The highest BCUT2D eigenvalue weighted by molar-refractivity contribution is 6.21. The smallest absolute Gasteiger partial charge is 0.356 e. The molecule has 0 bridgehead atoms. The van der Waals surface area contributed by atoms with Crippen molar-refractivity contribution >= 4 is 82.2 Å². The Morgan fingerprint density at radius 1 is 0.680 bits per heavy atom. The third-order valence-electron chi connectivity index (χ3n) is 9.83. The number of aromatic nitrogens is 4. The van der Waals surface area contributed by atoms with Crippen LogP contribution in [0.4, 0.5) is 0 Å². The maximum Gasteiger partial charge on any atom is 0.356 e. The minimum Gasteiger partial charge on any atom is -0.492 e. The van der Waals surface area contributed by atoms with Crippen molar-refractivity contribution in [2.45, 2.75) is 6.61 Å². The van der Waals surface area contributed by atoms with Crippen molar-refractivity contribution in [3.05, 3.63) is 129 Å². The van der Waals surface area contributed by atoms with Crippen molar-refractivity contribution in [3.8, 4) is 11.5 Å². The van der Waals surface area contributed by atoms with E-state index in [0.29, 0.717) is 33.1 Å². The van der Waals surface area contributed by atoms with Gasteiger partial charge in [-0.15, -0.1) is 0 Å². The summed E-state index contributed by atoms with van der Waals surface area (Å²) in [6, 6.07) is 28.0. The van der Waals surface area contributed by atoms with Gasteiger partial charge in [-0.25, -0.2) is 9.78 Å². The van der Waals surface area contributed by atoms with Crippen LogP contribution in [-0.2, 0) is 11.3 Å². The molecule has 10 heteroatoms. The fourth-order valence-electron chi connectivity index (χ4n) is 7.76. The van der Waals surface area contributed by atoms with Crippen molar-refractivity contribution in [1.29, 1.82) is 0 Å². The van der Waals surface area contributed by atoms with Crippen molar-refractivity contribution < 1.29 is 19.0 Å². The molecule has 6 heterocycles. The Morgan fingerprint density at radius 2 is 1.42 bits per heavy atom. The molecule has 0 aliphatic carbocycles. The molecular formula is C40H24N4O6. The van der Waals surface area contributed by atoms with Gasteiger partial charge in [0.25, 0.3) is 11.1 Å². The summed E-state index contributed by atoms with van der Waals surface area (Å²) in [6.07, 6.45) is 1.77. The van der Waals surface area contributed by atoms with Crippen LogP contribution in [0.2, 0.25) is 0 Å². The fourth-order valence-corrected chi connectivity index (χ4v) is 7.76. The van der Waals surface area contributed by atoms with Gasteiger partial charge in [-0.05, 0) is 48.0 Å². The van der Waals surface area contributed by atoms with Crippen molar-refractivity contribution in [2.75, 3.05) is 14.2 Å². The van der Waals surface area contributed by atoms with Crippen molar-refractivity contribution in [3.63, 3.8) is 0 Å². The SMILES string of the molecule is COC(=O)c1cc2c3ccccc3n3c(=O)c4c(OC)c(OCc5cccc6c5c5ccnc7c8ccccc8c(=O)n6c57)ccc4c(n1)c23. The van der Waals surface area contributed by atoms with Crippen molar-refractivity contribution in [1.82, 2.24) is 18.8 Å². The van der Waals surface area contributed by atoms with Crippen LogP contribution in [0.25, 0.3) is 76.2 Å². The number of carbonyl (C=O) groups is 1. The Morgan fingerprint density at radius 3 is 2.24 bits per heavy atom. The van der Waals surface area contributed by atoms with Crippen LogP contribution in [0.1, 0.15) is 16.1 Å². The lowest BCUT2D eigenvalue weighted by Gasteiger charge is -2.15. The molecule has 10 aromatic rings. The average Bonchev–Trinajstić information content (AvgIpc) is 3.69. The molecule has 10 nitrogen and oxygen atoms in total. The summed E-state index contributed by atoms with van der Waals surface area (Å²) in [5.41, 5.74) is 4.62. The fraction of sp³-hybridized carbons (Fsp3) is 0.0750. The molecule has 0 saturated carbocycles. The predicted octanol–water partition coefficient (Wildman–Crippen LogP) is 6.87. The minimum absolute atomic E-state index is 0.107. The van der Waals surface area contributed by atoms with Gasteiger partial charge >= 0.3 is 5.97 Å². The van der Waals surface area contributed by atoms with Crippen LogP contribution in [0, 0.1) is 0 Å². The van der Waals surface area contributed by atoms with Gasteiger partial charge in [-0.1, -0.05) is 48.5 Å². The van der Waals surface area contributed by atoms with Gasteiger partial charge in [0.1, 0.15) is 12.3 Å². The lowest BCUT2D eigenvalue weighted by Crippen LogP contribution is -2.15. The first-order valence-electron chi connectivity index (χ1n) is 16.0. The standard InChI is InChI=1S/C40H24N4O6/c1-48-37-30(15-14-24-32(37)39(46)43-28-12-6-5-9-21(28)26-18-27(40(47)49-2)42-34(24)36(26)43)50-19-20-8-7-13-29-31(20)25-16-17-41-33-22-10-3-4-11-23(22)38(45)44(29)35(25)33/h3-18H,19H2,1-2H3. The highest BCUT2D eigenvalue weighted by Crippen LogP contribution is 2.41. The number of nitrogens with zero attached hydrogens (tertiary/aromatic N) is 4. The molecule has 0 aliphatic rings. The first-order chi connectivity index (χ1) is 24.5. The minimum atomic E-state index is -0.579.